The Morgan fingerprint density at radius 1 is 1.42 bits per heavy atom. The summed E-state index contributed by atoms with van der Waals surface area (Å²) in [6.45, 7) is 1.32. The Labute approximate surface area is 138 Å². The van der Waals surface area contributed by atoms with E-state index in [0.29, 0.717) is 23.6 Å². The van der Waals surface area contributed by atoms with Crippen LogP contribution in [0.2, 0.25) is 0 Å². The zero-order chi connectivity index (χ0) is 16.8. The molecule has 1 aromatic carbocycles. The number of ether oxygens (including phenoxy) is 2. The van der Waals surface area contributed by atoms with Crippen LogP contribution in [0.25, 0.3) is 11.3 Å². The van der Waals surface area contributed by atoms with Gasteiger partial charge in [0.05, 0.1) is 19.3 Å². The molecular weight excluding hydrogens is 315 g/mol. The van der Waals surface area contributed by atoms with Gasteiger partial charge in [0.2, 0.25) is 5.91 Å². The summed E-state index contributed by atoms with van der Waals surface area (Å²) in [4.78, 5) is 11.7. The molecule has 1 atom stereocenters. The van der Waals surface area contributed by atoms with Crippen LogP contribution in [0.3, 0.4) is 0 Å². The number of amides is 1. The van der Waals surface area contributed by atoms with Gasteiger partial charge < -0.3 is 19.3 Å². The average Bonchev–Trinajstić information content (AvgIpc) is 3.25. The Morgan fingerprint density at radius 3 is 3.08 bits per heavy atom. The largest absolute Gasteiger partial charge is 0.376 e. The van der Waals surface area contributed by atoms with Crippen molar-refractivity contribution in [2.45, 2.75) is 25.5 Å². The molecule has 0 saturated carbocycles. The lowest BCUT2D eigenvalue weighted by Gasteiger charge is -2.09. The van der Waals surface area contributed by atoms with Crippen molar-refractivity contribution in [1.29, 1.82) is 0 Å². The van der Waals surface area contributed by atoms with Crippen LogP contribution in [-0.4, -0.2) is 37.0 Å². The van der Waals surface area contributed by atoms with Gasteiger partial charge in [0.1, 0.15) is 18.1 Å². The van der Waals surface area contributed by atoms with Gasteiger partial charge in [0.25, 0.3) is 0 Å². The first kappa shape index (κ1) is 16.6. The van der Waals surface area contributed by atoms with E-state index in [9.17, 15) is 9.18 Å². The summed E-state index contributed by atoms with van der Waals surface area (Å²) < 4.78 is 29.5. The molecule has 1 amide bonds. The summed E-state index contributed by atoms with van der Waals surface area (Å²) in [6, 6.07) is 7.91. The zero-order valence-corrected chi connectivity index (χ0v) is 13.2. The van der Waals surface area contributed by atoms with Gasteiger partial charge in [-0.2, -0.15) is 0 Å². The minimum Gasteiger partial charge on any atom is -0.376 e. The maximum Gasteiger partial charge on any atom is 0.246 e. The molecule has 1 fully saturated rings. The number of halogens is 1. The number of nitrogens with one attached hydrogen (secondary N) is 1. The van der Waals surface area contributed by atoms with Crippen molar-refractivity contribution in [3.8, 4) is 11.3 Å². The lowest BCUT2D eigenvalue weighted by molar-refractivity contribution is -0.127. The topological polar surface area (TPSA) is 73.6 Å². The Bertz CT molecular complexity index is 683. The van der Waals surface area contributed by atoms with Crippen LogP contribution < -0.4 is 5.32 Å². The van der Waals surface area contributed by atoms with E-state index in [2.05, 4.69) is 10.5 Å². The third-order valence-electron chi connectivity index (χ3n) is 3.73. The molecule has 0 unspecified atom stereocenters. The monoisotopic (exact) mass is 334 g/mol. The molecule has 128 valence electrons. The quantitative estimate of drug-likeness (QED) is 0.841. The number of hydrogen-bond acceptors (Lipinski definition) is 5. The molecule has 1 aliphatic rings. The van der Waals surface area contributed by atoms with Gasteiger partial charge in [-0.15, -0.1) is 0 Å². The van der Waals surface area contributed by atoms with Gasteiger partial charge in [-0.3, -0.25) is 4.79 Å². The van der Waals surface area contributed by atoms with E-state index in [-0.39, 0.29) is 31.0 Å². The van der Waals surface area contributed by atoms with Crippen molar-refractivity contribution >= 4 is 5.91 Å². The van der Waals surface area contributed by atoms with Crippen molar-refractivity contribution in [1.82, 2.24) is 10.5 Å². The van der Waals surface area contributed by atoms with Gasteiger partial charge in [0, 0.05) is 18.2 Å². The molecule has 24 heavy (non-hydrogen) atoms. The number of nitrogens with zero attached hydrogens (tertiary/aromatic N) is 1. The predicted octanol–water partition coefficient (Wildman–Crippen LogP) is 2.29. The molecule has 1 saturated heterocycles. The summed E-state index contributed by atoms with van der Waals surface area (Å²) in [5.74, 6) is -0.179. The zero-order valence-electron chi connectivity index (χ0n) is 13.2. The maximum atomic E-state index is 13.7. The van der Waals surface area contributed by atoms with E-state index >= 15 is 0 Å². The highest BCUT2D eigenvalue weighted by atomic mass is 19.1. The van der Waals surface area contributed by atoms with Gasteiger partial charge in [-0.1, -0.05) is 17.3 Å². The second-order valence-corrected chi connectivity index (χ2v) is 5.59. The maximum absolute atomic E-state index is 13.7. The predicted molar refractivity (Wildman–Crippen MR) is 83.5 cm³/mol. The number of carbonyl (C=O) groups is 1. The summed E-state index contributed by atoms with van der Waals surface area (Å²) in [7, 11) is 0. The van der Waals surface area contributed by atoms with Crippen molar-refractivity contribution < 1.29 is 23.2 Å². The summed E-state index contributed by atoms with van der Waals surface area (Å²) in [5, 5.41) is 6.50. The molecular formula is C17H19FN2O4. The highest BCUT2D eigenvalue weighted by molar-refractivity contribution is 5.77. The van der Waals surface area contributed by atoms with Crippen LogP contribution in [0.4, 0.5) is 4.39 Å². The Kier molecular flexibility index (Phi) is 5.55. The van der Waals surface area contributed by atoms with Crippen LogP contribution >= 0.6 is 0 Å². The third kappa shape index (κ3) is 4.39. The fourth-order valence-electron chi connectivity index (χ4n) is 2.49. The van der Waals surface area contributed by atoms with Crippen molar-refractivity contribution in [3.63, 3.8) is 0 Å². The van der Waals surface area contributed by atoms with Gasteiger partial charge in [-0.05, 0) is 25.0 Å². The van der Waals surface area contributed by atoms with Crippen molar-refractivity contribution in [3.05, 3.63) is 41.9 Å². The van der Waals surface area contributed by atoms with E-state index < -0.39 is 0 Å². The standard InChI is InChI=1S/C17H19FN2O4/c18-15-6-2-1-5-14(15)16-8-13(24-20-16)9-19-17(21)11-22-10-12-4-3-7-23-12/h1-2,5-6,8,12H,3-4,7,9-11H2,(H,19,21)/t12-/m0/s1. The smallest absolute Gasteiger partial charge is 0.246 e. The average molecular weight is 334 g/mol. The van der Waals surface area contributed by atoms with Crippen LogP contribution in [-0.2, 0) is 20.8 Å². The molecule has 0 aliphatic carbocycles. The van der Waals surface area contributed by atoms with Crippen LogP contribution in [0, 0.1) is 5.82 Å². The number of rotatable bonds is 7. The fraction of sp³-hybridized carbons (Fsp3) is 0.412. The number of benzene rings is 1. The molecule has 1 aliphatic heterocycles. The first-order chi connectivity index (χ1) is 11.7. The van der Waals surface area contributed by atoms with Gasteiger partial charge in [-0.25, -0.2) is 4.39 Å². The molecule has 2 aromatic rings. The van der Waals surface area contributed by atoms with E-state index in [1.54, 1.807) is 24.3 Å². The van der Waals surface area contributed by atoms with E-state index in [1.165, 1.54) is 6.07 Å². The lowest BCUT2D eigenvalue weighted by Crippen LogP contribution is -2.28. The molecule has 2 heterocycles. The van der Waals surface area contributed by atoms with Gasteiger partial charge in [0.15, 0.2) is 5.76 Å². The Morgan fingerprint density at radius 2 is 2.29 bits per heavy atom. The molecule has 0 bridgehead atoms. The molecule has 6 nitrogen and oxygen atoms in total. The summed E-state index contributed by atoms with van der Waals surface area (Å²) in [6.07, 6.45) is 2.10. The Hall–Kier alpha value is -2.25. The Balaban J connectivity index is 1.43. The minimum atomic E-state index is -0.371. The first-order valence-electron chi connectivity index (χ1n) is 7.89. The lowest BCUT2D eigenvalue weighted by atomic mass is 10.1. The van der Waals surface area contributed by atoms with Crippen LogP contribution in [0.1, 0.15) is 18.6 Å². The van der Waals surface area contributed by atoms with E-state index in [4.69, 9.17) is 14.0 Å². The van der Waals surface area contributed by atoms with E-state index in [0.717, 1.165) is 19.4 Å². The highest BCUT2D eigenvalue weighted by Gasteiger charge is 2.16. The highest BCUT2D eigenvalue weighted by Crippen LogP contribution is 2.21. The van der Waals surface area contributed by atoms with Crippen LogP contribution in [0.15, 0.2) is 34.9 Å². The number of aromatic nitrogens is 1. The van der Waals surface area contributed by atoms with Crippen LogP contribution in [0.5, 0.6) is 0 Å². The molecule has 1 aromatic heterocycles. The first-order valence-corrected chi connectivity index (χ1v) is 7.89. The van der Waals surface area contributed by atoms with Gasteiger partial charge >= 0.3 is 0 Å². The fourth-order valence-corrected chi connectivity index (χ4v) is 2.49. The van der Waals surface area contributed by atoms with Crippen molar-refractivity contribution in [2.24, 2.45) is 0 Å². The summed E-state index contributed by atoms with van der Waals surface area (Å²) in [5.41, 5.74) is 0.755. The molecule has 0 radical (unpaired) electrons. The second kappa shape index (κ2) is 8.03. The molecule has 3 rings (SSSR count). The SMILES string of the molecule is O=C(COC[C@@H]1CCCO1)NCc1cc(-c2ccccc2F)no1. The second-order valence-electron chi connectivity index (χ2n) is 5.59. The number of hydrogen-bond donors (Lipinski definition) is 1. The third-order valence-corrected chi connectivity index (χ3v) is 3.73. The molecule has 1 N–H and O–H groups in total. The normalized spacial score (nSPS) is 17.1. The summed E-state index contributed by atoms with van der Waals surface area (Å²) >= 11 is 0. The van der Waals surface area contributed by atoms with Crippen molar-refractivity contribution in [2.75, 3.05) is 19.8 Å². The molecule has 7 heteroatoms. The minimum absolute atomic E-state index is 0.0336. The van der Waals surface area contributed by atoms with E-state index in [1.807, 2.05) is 0 Å². The molecule has 0 spiro atoms. The number of carbonyl (C=O) groups excluding carboxylic acids is 1.